The highest BCUT2D eigenvalue weighted by molar-refractivity contribution is 5.87. The number of alkyl carbamates (subject to hydrolysis) is 1. The smallest absolute Gasteiger partial charge is 0.407 e. The van der Waals surface area contributed by atoms with Crippen LogP contribution in [0.5, 0.6) is 0 Å². The van der Waals surface area contributed by atoms with Gasteiger partial charge in [0.25, 0.3) is 0 Å². The summed E-state index contributed by atoms with van der Waals surface area (Å²) in [5, 5.41) is 2.73. The van der Waals surface area contributed by atoms with Gasteiger partial charge < -0.3 is 34.6 Å². The van der Waals surface area contributed by atoms with Crippen LogP contribution in [-0.4, -0.2) is 87.0 Å². The lowest BCUT2D eigenvalue weighted by molar-refractivity contribution is -0.148. The van der Waals surface area contributed by atoms with E-state index in [1.807, 2.05) is 49.8 Å². The van der Waals surface area contributed by atoms with Gasteiger partial charge in [0, 0.05) is 13.1 Å². The number of fused-ring (bicyclic) bond motifs is 1. The molecule has 13 heteroatoms. The number of nitrogens with zero attached hydrogens (tertiary/aromatic N) is 4. The molecule has 13 nitrogen and oxygen atoms in total. The van der Waals surface area contributed by atoms with Crippen molar-refractivity contribution in [1.29, 1.82) is 0 Å². The highest BCUT2D eigenvalue weighted by Gasteiger charge is 2.46. The molecule has 0 radical (unpaired) electrons. The number of methoxy groups -OCH3 is 2. The van der Waals surface area contributed by atoms with E-state index in [0.29, 0.717) is 13.1 Å². The molecule has 328 valence electrons. The minimum Gasteiger partial charge on any atom is -0.469 e. The standard InChI is InChI=1S/C49H61N7O6/c1-28(2)35(22-41(57)61-9)45(58)55-26-49(7,8)24-40(55)44-51-36-20-19-34(21-37(36)52-44)32-13-11-30(12-14-32)31-15-17-33(18-16-31)38-25-50-43(53-38)39-23-48(5,6)27-56(39)46(59)42(29(3)4)54-47(60)62-10/h11-21,25,28-29,35,39-40,42H,22-24,26-27H2,1-10H3,(H,50,53)(H,51,52)(H,54,60)/t35-,39-,40-,42-/m0/s1. The summed E-state index contributed by atoms with van der Waals surface area (Å²) in [5.74, 6) is 0.303. The van der Waals surface area contributed by atoms with Gasteiger partial charge in [0.15, 0.2) is 0 Å². The fraction of sp³-hybridized carbons (Fsp3) is 0.469. The van der Waals surface area contributed by atoms with Gasteiger partial charge in [0.1, 0.15) is 17.7 Å². The molecule has 2 saturated heterocycles. The molecule has 0 aliphatic carbocycles. The molecule has 2 aliphatic heterocycles. The predicted molar refractivity (Wildman–Crippen MR) is 239 cm³/mol. The van der Waals surface area contributed by atoms with Crippen molar-refractivity contribution < 1.29 is 28.7 Å². The number of imidazole rings is 2. The lowest BCUT2D eigenvalue weighted by Gasteiger charge is -2.30. The van der Waals surface area contributed by atoms with Crippen LogP contribution in [0.4, 0.5) is 4.79 Å². The van der Waals surface area contributed by atoms with Crippen LogP contribution in [0, 0.1) is 28.6 Å². The highest BCUT2D eigenvalue weighted by Crippen LogP contribution is 2.45. The van der Waals surface area contributed by atoms with Crippen LogP contribution < -0.4 is 5.32 Å². The zero-order chi connectivity index (χ0) is 44.7. The van der Waals surface area contributed by atoms with Gasteiger partial charge in [-0.25, -0.2) is 14.8 Å². The predicted octanol–water partition coefficient (Wildman–Crippen LogP) is 9.10. The van der Waals surface area contributed by atoms with E-state index in [1.54, 1.807) is 0 Å². The van der Waals surface area contributed by atoms with Crippen molar-refractivity contribution in [3.05, 3.63) is 84.6 Å². The lowest BCUT2D eigenvalue weighted by Crippen LogP contribution is -2.51. The number of likely N-dealkylation sites (tertiary alicyclic amines) is 2. The average Bonchev–Trinajstić information content (AvgIpc) is 4.04. The van der Waals surface area contributed by atoms with Crippen molar-refractivity contribution in [2.45, 2.75) is 92.8 Å². The van der Waals surface area contributed by atoms with E-state index in [9.17, 15) is 19.2 Å². The molecule has 0 unspecified atom stereocenters. The van der Waals surface area contributed by atoms with Crippen molar-refractivity contribution in [3.8, 4) is 33.5 Å². The molecular weight excluding hydrogens is 783 g/mol. The summed E-state index contributed by atoms with van der Waals surface area (Å²) in [6, 6.07) is 21.8. The molecule has 0 saturated carbocycles. The SMILES string of the molecule is COC(=O)C[C@H](C(=O)N1CC(C)(C)C[C@H]1c1nc2ccc(-c3ccc(-c4ccc(-c5cnc([C@@H]6CC(C)(C)CN6C(=O)[C@@H](NC(=O)OC)C(C)C)[nH]5)cc4)cc3)cc2[nH]1)C(C)C. The topological polar surface area (TPSA) is 163 Å². The molecule has 62 heavy (non-hydrogen) atoms. The Kier molecular flexibility index (Phi) is 12.4. The average molecular weight is 844 g/mol. The van der Waals surface area contributed by atoms with E-state index in [4.69, 9.17) is 19.4 Å². The first kappa shape index (κ1) is 44.1. The number of amides is 3. The Morgan fingerprint density at radius 3 is 1.79 bits per heavy atom. The Hall–Kier alpha value is -5.98. The first-order chi connectivity index (χ1) is 29.4. The van der Waals surface area contributed by atoms with E-state index in [1.165, 1.54) is 14.2 Å². The van der Waals surface area contributed by atoms with Crippen molar-refractivity contribution in [3.63, 3.8) is 0 Å². The van der Waals surface area contributed by atoms with Crippen LogP contribution in [0.1, 0.15) is 98.4 Å². The second-order valence-electron chi connectivity index (χ2n) is 19.4. The number of aromatic nitrogens is 4. The molecule has 7 rings (SSSR count). The second-order valence-corrected chi connectivity index (χ2v) is 19.4. The van der Waals surface area contributed by atoms with Gasteiger partial charge in [0.05, 0.1) is 61.6 Å². The number of aromatic amines is 2. The Labute approximate surface area is 364 Å². The number of hydrogen-bond acceptors (Lipinski definition) is 8. The molecule has 3 amide bonds. The van der Waals surface area contributed by atoms with Crippen molar-refractivity contribution in [1.82, 2.24) is 35.1 Å². The van der Waals surface area contributed by atoms with Crippen LogP contribution in [-0.2, 0) is 23.9 Å². The Balaban J connectivity index is 1.05. The number of hydrogen-bond donors (Lipinski definition) is 3. The van der Waals surface area contributed by atoms with Gasteiger partial charge in [-0.1, -0.05) is 110 Å². The summed E-state index contributed by atoms with van der Waals surface area (Å²) >= 11 is 0. The summed E-state index contributed by atoms with van der Waals surface area (Å²) in [4.78, 5) is 72.7. The maximum atomic E-state index is 14.0. The molecular formula is C49H61N7O6. The molecule has 2 aromatic heterocycles. The van der Waals surface area contributed by atoms with E-state index < -0.39 is 18.1 Å². The monoisotopic (exact) mass is 843 g/mol. The minimum atomic E-state index is -0.713. The number of esters is 1. The van der Waals surface area contributed by atoms with E-state index in [2.05, 4.69) is 104 Å². The van der Waals surface area contributed by atoms with Crippen LogP contribution >= 0.6 is 0 Å². The van der Waals surface area contributed by atoms with Crippen LogP contribution in [0.2, 0.25) is 0 Å². The maximum absolute atomic E-state index is 14.0. The summed E-state index contributed by atoms with van der Waals surface area (Å²) in [6.45, 7) is 17.5. The van der Waals surface area contributed by atoms with Crippen molar-refractivity contribution in [2.24, 2.45) is 28.6 Å². The fourth-order valence-electron chi connectivity index (χ4n) is 9.17. The Morgan fingerprint density at radius 2 is 1.24 bits per heavy atom. The zero-order valence-corrected chi connectivity index (χ0v) is 37.7. The van der Waals surface area contributed by atoms with Gasteiger partial charge in [-0.05, 0) is 75.5 Å². The Morgan fingerprint density at radius 1 is 0.710 bits per heavy atom. The second kappa shape index (κ2) is 17.4. The van der Waals surface area contributed by atoms with Crippen LogP contribution in [0.15, 0.2) is 72.9 Å². The van der Waals surface area contributed by atoms with Gasteiger partial charge in [-0.15, -0.1) is 0 Å². The van der Waals surface area contributed by atoms with E-state index in [0.717, 1.165) is 69.0 Å². The number of H-pyrrole nitrogens is 2. The number of carbonyl (C=O) groups excluding carboxylic acids is 4. The third-order valence-corrected chi connectivity index (χ3v) is 12.6. The fourth-order valence-corrected chi connectivity index (χ4v) is 9.17. The van der Waals surface area contributed by atoms with Crippen molar-refractivity contribution >= 4 is 34.9 Å². The molecule has 2 aliphatic rings. The summed E-state index contributed by atoms with van der Waals surface area (Å²) in [5.41, 5.74) is 7.62. The first-order valence-electron chi connectivity index (χ1n) is 21.6. The molecule has 5 aromatic rings. The number of benzene rings is 3. The number of nitrogens with one attached hydrogen (secondary N) is 3. The summed E-state index contributed by atoms with van der Waals surface area (Å²) in [7, 11) is 2.65. The van der Waals surface area contributed by atoms with Gasteiger partial charge >= 0.3 is 12.1 Å². The normalized spacial score (nSPS) is 19.2. The lowest BCUT2D eigenvalue weighted by atomic mass is 9.90. The van der Waals surface area contributed by atoms with Crippen LogP contribution in [0.3, 0.4) is 0 Å². The molecule has 2 fully saturated rings. The van der Waals surface area contributed by atoms with Crippen LogP contribution in [0.25, 0.3) is 44.5 Å². The van der Waals surface area contributed by atoms with E-state index in [-0.39, 0.29) is 59.0 Å². The quantitative estimate of drug-likeness (QED) is 0.105. The maximum Gasteiger partial charge on any atom is 0.407 e. The number of ether oxygens (including phenoxy) is 2. The summed E-state index contributed by atoms with van der Waals surface area (Å²) in [6.07, 6.45) is 2.74. The third kappa shape index (κ3) is 9.27. The van der Waals surface area contributed by atoms with E-state index >= 15 is 0 Å². The molecule has 3 N–H and O–H groups in total. The Bertz CT molecular complexity index is 2430. The molecule has 3 aromatic carbocycles. The molecule has 0 spiro atoms. The highest BCUT2D eigenvalue weighted by atomic mass is 16.5. The van der Waals surface area contributed by atoms with Gasteiger partial charge in [-0.2, -0.15) is 0 Å². The zero-order valence-electron chi connectivity index (χ0n) is 37.7. The molecule has 4 heterocycles. The van der Waals surface area contributed by atoms with Gasteiger partial charge in [-0.3, -0.25) is 14.4 Å². The van der Waals surface area contributed by atoms with Gasteiger partial charge in [0.2, 0.25) is 11.8 Å². The summed E-state index contributed by atoms with van der Waals surface area (Å²) < 4.78 is 9.73. The molecule has 4 atom stereocenters. The molecule has 0 bridgehead atoms. The third-order valence-electron chi connectivity index (χ3n) is 12.6. The first-order valence-corrected chi connectivity index (χ1v) is 21.6. The minimum absolute atomic E-state index is 0.0165. The number of carbonyl (C=O) groups is 4. The largest absolute Gasteiger partial charge is 0.469 e. The number of rotatable bonds is 12. The van der Waals surface area contributed by atoms with Crippen molar-refractivity contribution in [2.75, 3.05) is 27.3 Å².